The zero-order valence-electron chi connectivity index (χ0n) is 15.8. The Morgan fingerprint density at radius 2 is 2.07 bits per heavy atom. The molecule has 1 aliphatic carbocycles. The molecule has 1 N–H and O–H groups in total. The molecule has 2 aromatic rings. The summed E-state index contributed by atoms with van der Waals surface area (Å²) in [5.74, 6) is 0.0844. The molecule has 1 amide bonds. The highest BCUT2D eigenvalue weighted by atomic mass is 79.9. The number of benzene rings is 1. The number of aryl methyl sites for hydroxylation is 1. The Balaban J connectivity index is 1.79. The fourth-order valence-corrected chi connectivity index (χ4v) is 5.02. The third-order valence-corrected chi connectivity index (χ3v) is 6.32. The van der Waals surface area contributed by atoms with Gasteiger partial charge in [0.15, 0.2) is 0 Å². The van der Waals surface area contributed by atoms with Gasteiger partial charge in [0.2, 0.25) is 5.91 Å². The smallest absolute Gasteiger partial charge is 0.341 e. The van der Waals surface area contributed by atoms with E-state index in [1.54, 1.807) is 20.1 Å². The lowest BCUT2D eigenvalue weighted by Crippen LogP contribution is -2.14. The minimum absolute atomic E-state index is 0.281. The van der Waals surface area contributed by atoms with Crippen LogP contribution in [0, 0.1) is 0 Å². The van der Waals surface area contributed by atoms with Gasteiger partial charge >= 0.3 is 5.97 Å². The number of nitrogens with one attached hydrogen (secondary N) is 1. The molecule has 0 aliphatic heterocycles. The monoisotopic (exact) mass is 463 g/mol. The van der Waals surface area contributed by atoms with E-state index in [1.165, 1.54) is 22.3 Å². The van der Waals surface area contributed by atoms with Crippen molar-refractivity contribution in [2.75, 3.05) is 19.0 Å². The van der Waals surface area contributed by atoms with E-state index in [1.807, 2.05) is 18.2 Å². The first-order chi connectivity index (χ1) is 13.5. The van der Waals surface area contributed by atoms with Crippen LogP contribution in [0.25, 0.3) is 6.08 Å². The maximum Gasteiger partial charge on any atom is 0.341 e. The number of halogens is 1. The molecule has 0 saturated carbocycles. The number of hydrogen-bond acceptors (Lipinski definition) is 5. The number of methoxy groups -OCH3 is 1. The molecule has 0 unspecified atom stereocenters. The fourth-order valence-electron chi connectivity index (χ4n) is 3.18. The van der Waals surface area contributed by atoms with Gasteiger partial charge in [-0.15, -0.1) is 11.3 Å². The van der Waals surface area contributed by atoms with Crippen LogP contribution in [0.1, 0.15) is 46.1 Å². The van der Waals surface area contributed by atoms with Crippen LogP contribution in [0.3, 0.4) is 0 Å². The number of rotatable bonds is 6. The molecular formula is C21H22BrNO4S. The van der Waals surface area contributed by atoms with Crippen molar-refractivity contribution in [1.29, 1.82) is 0 Å². The number of carbonyl (C=O) groups excluding carboxylic acids is 2. The molecule has 0 radical (unpaired) electrons. The third-order valence-electron chi connectivity index (χ3n) is 4.49. The number of ether oxygens (including phenoxy) is 2. The van der Waals surface area contributed by atoms with E-state index in [4.69, 9.17) is 9.47 Å². The van der Waals surface area contributed by atoms with Crippen LogP contribution in [-0.2, 0) is 22.4 Å². The first-order valence-electron chi connectivity index (χ1n) is 9.17. The Bertz CT molecular complexity index is 919. The van der Waals surface area contributed by atoms with Crippen LogP contribution in [0.2, 0.25) is 0 Å². The van der Waals surface area contributed by atoms with Crippen LogP contribution in [0.5, 0.6) is 5.75 Å². The average molecular weight is 464 g/mol. The van der Waals surface area contributed by atoms with Crippen LogP contribution < -0.4 is 10.1 Å². The van der Waals surface area contributed by atoms with Crippen LogP contribution in [-0.4, -0.2) is 25.6 Å². The van der Waals surface area contributed by atoms with Gasteiger partial charge in [0.1, 0.15) is 10.8 Å². The van der Waals surface area contributed by atoms with Crippen molar-refractivity contribution in [1.82, 2.24) is 0 Å². The number of anilines is 1. The lowest BCUT2D eigenvalue weighted by molar-refractivity contribution is -0.111. The van der Waals surface area contributed by atoms with E-state index in [-0.39, 0.29) is 11.9 Å². The highest BCUT2D eigenvalue weighted by molar-refractivity contribution is 9.10. The Morgan fingerprint density at radius 1 is 1.29 bits per heavy atom. The van der Waals surface area contributed by atoms with Crippen molar-refractivity contribution in [2.24, 2.45) is 0 Å². The van der Waals surface area contributed by atoms with E-state index in [0.29, 0.717) is 17.2 Å². The minimum Gasteiger partial charge on any atom is -0.496 e. The number of fused-ring (bicyclic) bond motifs is 1. The molecule has 3 rings (SSSR count). The second kappa shape index (κ2) is 9.39. The van der Waals surface area contributed by atoms with Crippen molar-refractivity contribution in [3.8, 4) is 5.75 Å². The highest BCUT2D eigenvalue weighted by Crippen LogP contribution is 2.38. The standard InChI is InChI=1S/C21H22BrNO4S/c1-3-27-21(25)19-14-6-4-5-7-17(14)28-20(19)23-18(24)11-9-13-8-10-16(26-2)15(22)12-13/h8-12H,3-7H2,1-2H3,(H,23,24)/b11-9+. The first kappa shape index (κ1) is 20.6. The summed E-state index contributed by atoms with van der Waals surface area (Å²) >= 11 is 4.91. The van der Waals surface area contributed by atoms with Crippen LogP contribution in [0.4, 0.5) is 5.00 Å². The van der Waals surface area contributed by atoms with Crippen molar-refractivity contribution in [3.63, 3.8) is 0 Å². The van der Waals surface area contributed by atoms with E-state index in [9.17, 15) is 9.59 Å². The Morgan fingerprint density at radius 3 is 2.79 bits per heavy atom. The summed E-state index contributed by atoms with van der Waals surface area (Å²) in [6.45, 7) is 2.09. The van der Waals surface area contributed by atoms with Gasteiger partial charge in [-0.25, -0.2) is 4.79 Å². The second-order valence-electron chi connectivity index (χ2n) is 6.35. The molecule has 5 nitrogen and oxygen atoms in total. The minimum atomic E-state index is -0.361. The van der Waals surface area contributed by atoms with Gasteiger partial charge in [-0.05, 0) is 77.9 Å². The first-order valence-corrected chi connectivity index (χ1v) is 10.8. The van der Waals surface area contributed by atoms with Gasteiger partial charge in [-0.3, -0.25) is 4.79 Å². The molecule has 1 aromatic heterocycles. The fraction of sp³-hybridized carbons (Fsp3) is 0.333. The molecule has 1 aliphatic rings. The molecule has 1 aromatic carbocycles. The van der Waals surface area contributed by atoms with Gasteiger partial charge in [0, 0.05) is 11.0 Å². The summed E-state index contributed by atoms with van der Waals surface area (Å²) in [5.41, 5.74) is 2.42. The summed E-state index contributed by atoms with van der Waals surface area (Å²) in [6, 6.07) is 5.56. The van der Waals surface area contributed by atoms with Crippen LogP contribution >= 0.6 is 27.3 Å². The van der Waals surface area contributed by atoms with Crippen LogP contribution in [0.15, 0.2) is 28.7 Å². The number of esters is 1. The van der Waals surface area contributed by atoms with Gasteiger partial charge in [0.25, 0.3) is 0 Å². The molecule has 148 valence electrons. The lowest BCUT2D eigenvalue weighted by Gasteiger charge is -2.12. The summed E-state index contributed by atoms with van der Waals surface area (Å²) in [5, 5.41) is 3.45. The van der Waals surface area contributed by atoms with E-state index >= 15 is 0 Å². The topological polar surface area (TPSA) is 64.6 Å². The Labute approximate surface area is 176 Å². The predicted octanol–water partition coefficient (Wildman–Crippen LogP) is 5.23. The molecule has 0 fully saturated rings. The van der Waals surface area contributed by atoms with Crippen molar-refractivity contribution >= 4 is 50.2 Å². The molecule has 7 heteroatoms. The van der Waals surface area contributed by atoms with Gasteiger partial charge in [-0.2, -0.15) is 0 Å². The summed E-state index contributed by atoms with van der Waals surface area (Å²) < 4.78 is 11.2. The number of amides is 1. The average Bonchev–Trinajstić information content (AvgIpc) is 3.04. The third kappa shape index (κ3) is 4.64. The normalized spacial score (nSPS) is 13.2. The van der Waals surface area contributed by atoms with Crippen molar-refractivity contribution in [3.05, 3.63) is 50.3 Å². The number of thiophene rings is 1. The Kier molecular flexibility index (Phi) is 6.91. The van der Waals surface area contributed by atoms with Gasteiger partial charge in [-0.1, -0.05) is 6.07 Å². The number of carbonyl (C=O) groups is 2. The summed E-state index contributed by atoms with van der Waals surface area (Å²) in [7, 11) is 1.60. The lowest BCUT2D eigenvalue weighted by atomic mass is 9.95. The van der Waals surface area contributed by atoms with Crippen molar-refractivity contribution < 1.29 is 19.1 Å². The largest absolute Gasteiger partial charge is 0.496 e. The highest BCUT2D eigenvalue weighted by Gasteiger charge is 2.26. The zero-order chi connectivity index (χ0) is 20.1. The predicted molar refractivity (Wildman–Crippen MR) is 115 cm³/mol. The van der Waals surface area contributed by atoms with Crippen molar-refractivity contribution in [2.45, 2.75) is 32.6 Å². The molecule has 0 saturated heterocycles. The second-order valence-corrected chi connectivity index (χ2v) is 8.31. The number of hydrogen-bond donors (Lipinski definition) is 1. The molecule has 0 spiro atoms. The van der Waals surface area contributed by atoms with E-state index in [2.05, 4.69) is 21.2 Å². The van der Waals surface area contributed by atoms with E-state index < -0.39 is 0 Å². The molecule has 1 heterocycles. The Hall–Kier alpha value is -2.12. The molecule has 0 atom stereocenters. The summed E-state index contributed by atoms with van der Waals surface area (Å²) in [6.07, 6.45) is 7.13. The molecule has 28 heavy (non-hydrogen) atoms. The molecule has 0 bridgehead atoms. The van der Waals surface area contributed by atoms with E-state index in [0.717, 1.165) is 47.0 Å². The molecular weight excluding hydrogens is 442 g/mol. The SMILES string of the molecule is CCOC(=O)c1c(NC(=O)/C=C/c2ccc(OC)c(Br)c2)sc2c1CCCC2. The summed E-state index contributed by atoms with van der Waals surface area (Å²) in [4.78, 5) is 26.1. The maximum atomic E-state index is 12.5. The van der Waals surface area contributed by atoms with Gasteiger partial charge in [0.05, 0.1) is 23.8 Å². The van der Waals surface area contributed by atoms with Gasteiger partial charge < -0.3 is 14.8 Å². The quantitative estimate of drug-likeness (QED) is 0.470. The maximum absolute atomic E-state index is 12.5. The zero-order valence-corrected chi connectivity index (χ0v) is 18.2.